The number of amidine groups is 1. The number of thioether (sulfide) groups is 1. The first-order valence-corrected chi connectivity index (χ1v) is 10.7. The van der Waals surface area contributed by atoms with Gasteiger partial charge in [-0.2, -0.15) is 0 Å². The average Bonchev–Trinajstić information content (AvgIpc) is 3.21. The third-order valence-electron chi connectivity index (χ3n) is 4.66. The number of carbonyl (C=O) groups is 1. The van der Waals surface area contributed by atoms with Gasteiger partial charge in [0.05, 0.1) is 16.3 Å². The predicted octanol–water partition coefficient (Wildman–Crippen LogP) is 6.48. The number of benzene rings is 2. The van der Waals surface area contributed by atoms with E-state index in [9.17, 15) is 4.79 Å². The van der Waals surface area contributed by atoms with Crippen molar-refractivity contribution in [3.8, 4) is 0 Å². The molecule has 0 atom stereocenters. The van der Waals surface area contributed by atoms with Crippen molar-refractivity contribution in [1.29, 1.82) is 0 Å². The molecule has 5 heteroatoms. The third-order valence-corrected chi connectivity index (χ3v) is 6.59. The maximum atomic E-state index is 13.3. The molecular formula is C23H20N2OS2. The molecule has 2 heterocycles. The molecule has 1 amide bonds. The molecule has 140 valence electrons. The number of nitrogens with zero attached hydrogens (tertiary/aromatic N) is 2. The molecule has 1 aromatic heterocycles. The van der Waals surface area contributed by atoms with Crippen LogP contribution in [0.1, 0.15) is 21.6 Å². The number of aryl methyl sites for hydroxylation is 3. The topological polar surface area (TPSA) is 32.7 Å². The Kier molecular flexibility index (Phi) is 5.20. The fourth-order valence-corrected chi connectivity index (χ4v) is 4.92. The molecule has 2 aromatic carbocycles. The Labute approximate surface area is 173 Å². The minimum atomic E-state index is -0.0283. The molecule has 0 bridgehead atoms. The van der Waals surface area contributed by atoms with Gasteiger partial charge in [-0.15, -0.1) is 11.3 Å². The summed E-state index contributed by atoms with van der Waals surface area (Å²) in [6, 6.07) is 18.0. The fourth-order valence-electron chi connectivity index (χ4n) is 3.02. The van der Waals surface area contributed by atoms with Crippen LogP contribution in [0.5, 0.6) is 0 Å². The summed E-state index contributed by atoms with van der Waals surface area (Å²) in [7, 11) is 0. The van der Waals surface area contributed by atoms with Gasteiger partial charge in [0.15, 0.2) is 5.17 Å². The van der Waals surface area contributed by atoms with Gasteiger partial charge in [-0.05, 0) is 78.9 Å². The van der Waals surface area contributed by atoms with Crippen LogP contribution in [0.2, 0.25) is 0 Å². The Morgan fingerprint density at radius 2 is 1.61 bits per heavy atom. The Bertz CT molecular complexity index is 1110. The highest BCUT2D eigenvalue weighted by molar-refractivity contribution is 8.19. The molecular weight excluding hydrogens is 384 g/mol. The number of anilines is 1. The molecule has 0 spiro atoms. The summed E-state index contributed by atoms with van der Waals surface area (Å²) in [4.78, 5) is 21.7. The smallest absolute Gasteiger partial charge is 0.268 e. The number of amides is 1. The predicted molar refractivity (Wildman–Crippen MR) is 122 cm³/mol. The molecule has 4 rings (SSSR count). The zero-order valence-electron chi connectivity index (χ0n) is 16.0. The van der Waals surface area contributed by atoms with E-state index in [-0.39, 0.29) is 5.91 Å². The summed E-state index contributed by atoms with van der Waals surface area (Å²) in [5.74, 6) is -0.0283. The van der Waals surface area contributed by atoms with Gasteiger partial charge in [-0.3, -0.25) is 9.69 Å². The van der Waals surface area contributed by atoms with Crippen molar-refractivity contribution >= 4 is 51.6 Å². The standard InChI is InChI=1S/C23H20N2OS2/c1-15-8-4-6-10-18(15)24-23-25(19-11-7-5-9-16(19)2)22(26)21(28-23)14-20-17(3)12-13-27-20/h4-14H,1-3H3/b21-14+,24-23?. The van der Waals surface area contributed by atoms with Crippen LogP contribution in [0, 0.1) is 20.8 Å². The second kappa shape index (κ2) is 7.78. The molecule has 3 nitrogen and oxygen atoms in total. The summed E-state index contributed by atoms with van der Waals surface area (Å²) in [6.45, 7) is 6.11. The van der Waals surface area contributed by atoms with Crippen LogP contribution in [0.25, 0.3) is 6.08 Å². The Balaban J connectivity index is 1.84. The highest BCUT2D eigenvalue weighted by Gasteiger charge is 2.35. The number of hydrogen-bond acceptors (Lipinski definition) is 4. The molecule has 1 aliphatic heterocycles. The molecule has 0 saturated carbocycles. The number of carbonyl (C=O) groups excluding carboxylic acids is 1. The quantitative estimate of drug-likeness (QED) is 0.468. The second-order valence-corrected chi connectivity index (χ2v) is 8.64. The van der Waals surface area contributed by atoms with Crippen molar-refractivity contribution in [2.45, 2.75) is 20.8 Å². The highest BCUT2D eigenvalue weighted by Crippen LogP contribution is 2.39. The summed E-state index contributed by atoms with van der Waals surface area (Å²) in [6.07, 6.45) is 1.98. The SMILES string of the molecule is Cc1ccccc1N=C1S/C(=C/c2sccc2C)C(=O)N1c1ccccc1C. The van der Waals surface area contributed by atoms with Crippen LogP contribution < -0.4 is 4.90 Å². The van der Waals surface area contributed by atoms with E-state index >= 15 is 0 Å². The van der Waals surface area contributed by atoms with Crippen molar-refractivity contribution < 1.29 is 4.79 Å². The van der Waals surface area contributed by atoms with Crippen molar-refractivity contribution in [3.63, 3.8) is 0 Å². The van der Waals surface area contributed by atoms with E-state index in [0.29, 0.717) is 10.1 Å². The van der Waals surface area contributed by atoms with Crippen molar-refractivity contribution in [2.75, 3.05) is 4.90 Å². The van der Waals surface area contributed by atoms with E-state index in [1.807, 2.05) is 73.8 Å². The molecule has 0 unspecified atom stereocenters. The van der Waals surface area contributed by atoms with E-state index in [1.54, 1.807) is 16.2 Å². The number of para-hydroxylation sites is 2. The molecule has 28 heavy (non-hydrogen) atoms. The van der Waals surface area contributed by atoms with Gasteiger partial charge < -0.3 is 0 Å². The molecule has 1 saturated heterocycles. The first kappa shape index (κ1) is 18.7. The lowest BCUT2D eigenvalue weighted by Crippen LogP contribution is -2.29. The lowest BCUT2D eigenvalue weighted by Gasteiger charge is -2.18. The van der Waals surface area contributed by atoms with Crippen LogP contribution in [-0.2, 0) is 4.79 Å². The number of rotatable bonds is 3. The highest BCUT2D eigenvalue weighted by atomic mass is 32.2. The number of aliphatic imine (C=N–C) groups is 1. The van der Waals surface area contributed by atoms with Gasteiger partial charge >= 0.3 is 0 Å². The zero-order chi connectivity index (χ0) is 19.7. The first-order chi connectivity index (χ1) is 13.5. The summed E-state index contributed by atoms with van der Waals surface area (Å²) >= 11 is 3.08. The fraction of sp³-hybridized carbons (Fsp3) is 0.130. The van der Waals surface area contributed by atoms with Crippen molar-refractivity contribution in [3.05, 3.63) is 86.5 Å². The van der Waals surface area contributed by atoms with E-state index in [4.69, 9.17) is 4.99 Å². The third kappa shape index (κ3) is 3.55. The summed E-state index contributed by atoms with van der Waals surface area (Å²) in [5.41, 5.74) is 5.06. The minimum absolute atomic E-state index is 0.0283. The Hall–Kier alpha value is -2.63. The van der Waals surface area contributed by atoms with Gasteiger partial charge in [0, 0.05) is 4.88 Å². The average molecular weight is 405 g/mol. The number of thiophene rings is 1. The summed E-state index contributed by atoms with van der Waals surface area (Å²) in [5, 5.41) is 2.74. The maximum absolute atomic E-state index is 13.3. The minimum Gasteiger partial charge on any atom is -0.268 e. The Morgan fingerprint density at radius 3 is 2.29 bits per heavy atom. The Morgan fingerprint density at radius 1 is 0.893 bits per heavy atom. The molecule has 1 aliphatic rings. The van der Waals surface area contributed by atoms with Crippen molar-refractivity contribution in [2.24, 2.45) is 4.99 Å². The van der Waals surface area contributed by atoms with Crippen LogP contribution >= 0.6 is 23.1 Å². The monoisotopic (exact) mass is 404 g/mol. The summed E-state index contributed by atoms with van der Waals surface area (Å²) < 4.78 is 0. The molecule has 1 fully saturated rings. The van der Waals surface area contributed by atoms with Gasteiger partial charge in [0.1, 0.15) is 0 Å². The first-order valence-electron chi connectivity index (χ1n) is 9.02. The van der Waals surface area contributed by atoms with Gasteiger partial charge in [-0.25, -0.2) is 4.99 Å². The van der Waals surface area contributed by atoms with Crippen LogP contribution in [0.3, 0.4) is 0 Å². The van der Waals surface area contributed by atoms with E-state index < -0.39 is 0 Å². The van der Waals surface area contributed by atoms with E-state index in [0.717, 1.165) is 27.4 Å². The van der Waals surface area contributed by atoms with Crippen LogP contribution in [0.4, 0.5) is 11.4 Å². The van der Waals surface area contributed by atoms with Gasteiger partial charge in [0.2, 0.25) is 0 Å². The van der Waals surface area contributed by atoms with E-state index in [2.05, 4.69) is 13.0 Å². The number of hydrogen-bond donors (Lipinski definition) is 0. The molecule has 0 aliphatic carbocycles. The normalized spacial score (nSPS) is 17.1. The largest absolute Gasteiger partial charge is 0.271 e. The lowest BCUT2D eigenvalue weighted by atomic mass is 10.2. The maximum Gasteiger partial charge on any atom is 0.271 e. The van der Waals surface area contributed by atoms with Crippen LogP contribution in [-0.4, -0.2) is 11.1 Å². The second-order valence-electron chi connectivity index (χ2n) is 6.69. The van der Waals surface area contributed by atoms with Crippen LogP contribution in [0.15, 0.2) is 69.9 Å². The van der Waals surface area contributed by atoms with Crippen molar-refractivity contribution in [1.82, 2.24) is 0 Å². The molecule has 0 N–H and O–H groups in total. The van der Waals surface area contributed by atoms with E-state index in [1.165, 1.54) is 17.3 Å². The van der Waals surface area contributed by atoms with Gasteiger partial charge in [0.25, 0.3) is 5.91 Å². The lowest BCUT2D eigenvalue weighted by molar-refractivity contribution is -0.113. The molecule has 0 radical (unpaired) electrons. The van der Waals surface area contributed by atoms with Gasteiger partial charge in [-0.1, -0.05) is 36.4 Å². The molecule has 3 aromatic rings. The zero-order valence-corrected chi connectivity index (χ0v) is 17.6.